The highest BCUT2D eigenvalue weighted by Gasteiger charge is 2.28. The summed E-state index contributed by atoms with van der Waals surface area (Å²) in [4.78, 5) is 0. The van der Waals surface area contributed by atoms with E-state index in [9.17, 15) is 0 Å². The highest BCUT2D eigenvalue weighted by Crippen LogP contribution is 2.37. The van der Waals surface area contributed by atoms with Gasteiger partial charge in [0.1, 0.15) is 0 Å². The molecule has 1 aliphatic rings. The molecule has 0 radical (unpaired) electrons. The molecule has 1 aromatic heterocycles. The van der Waals surface area contributed by atoms with Crippen LogP contribution in [0.5, 0.6) is 0 Å². The minimum atomic E-state index is 0.233. The lowest BCUT2D eigenvalue weighted by atomic mass is 9.78. The van der Waals surface area contributed by atoms with E-state index in [1.807, 2.05) is 41.2 Å². The van der Waals surface area contributed by atoms with E-state index in [1.54, 1.807) is 0 Å². The number of nitrogens with two attached hydrogens (primary N) is 1. The Bertz CT molecular complexity index is 502. The zero-order chi connectivity index (χ0) is 12.4. The Morgan fingerprint density at radius 2 is 2.06 bits per heavy atom. The summed E-state index contributed by atoms with van der Waals surface area (Å²) in [6.45, 7) is 0. The second kappa shape index (κ2) is 4.92. The molecule has 1 fully saturated rings. The molecule has 0 spiro atoms. The second-order valence-electron chi connectivity index (χ2n) is 4.89. The Labute approximate surface area is 107 Å². The molecule has 3 rings (SSSR count). The van der Waals surface area contributed by atoms with Crippen molar-refractivity contribution in [3.63, 3.8) is 0 Å². The zero-order valence-corrected chi connectivity index (χ0v) is 10.3. The van der Waals surface area contributed by atoms with E-state index in [-0.39, 0.29) is 6.04 Å². The van der Waals surface area contributed by atoms with Gasteiger partial charge in [0, 0.05) is 11.8 Å². The van der Waals surface area contributed by atoms with Crippen molar-refractivity contribution >= 4 is 0 Å². The lowest BCUT2D eigenvalue weighted by molar-refractivity contribution is 0.232. The van der Waals surface area contributed by atoms with Gasteiger partial charge in [-0.2, -0.15) is 5.10 Å². The van der Waals surface area contributed by atoms with Crippen LogP contribution in [0.4, 0.5) is 0 Å². The monoisotopic (exact) mass is 242 g/mol. The molecule has 0 amide bonds. The summed E-state index contributed by atoms with van der Waals surface area (Å²) >= 11 is 0. The van der Waals surface area contributed by atoms with Gasteiger partial charge in [0.2, 0.25) is 0 Å². The van der Waals surface area contributed by atoms with Gasteiger partial charge in [-0.25, -0.2) is 4.68 Å². The minimum absolute atomic E-state index is 0.233. The van der Waals surface area contributed by atoms with Gasteiger partial charge in [0.15, 0.2) is 0 Å². The highest BCUT2D eigenvalue weighted by atomic mass is 15.3. The molecular weight excluding hydrogens is 224 g/mol. The van der Waals surface area contributed by atoms with Gasteiger partial charge >= 0.3 is 0 Å². The second-order valence-corrected chi connectivity index (χ2v) is 4.89. The van der Waals surface area contributed by atoms with Crippen LogP contribution in [-0.4, -0.2) is 9.78 Å². The van der Waals surface area contributed by atoms with E-state index in [4.69, 9.17) is 5.84 Å². The van der Waals surface area contributed by atoms with Crippen molar-refractivity contribution in [2.24, 2.45) is 11.8 Å². The molecule has 0 saturated heterocycles. The van der Waals surface area contributed by atoms with Crippen molar-refractivity contribution in [3.05, 3.63) is 48.3 Å². The molecule has 1 unspecified atom stereocenters. The van der Waals surface area contributed by atoms with Crippen LogP contribution in [0.2, 0.25) is 0 Å². The van der Waals surface area contributed by atoms with Crippen LogP contribution in [0.3, 0.4) is 0 Å². The zero-order valence-electron chi connectivity index (χ0n) is 10.3. The van der Waals surface area contributed by atoms with Crippen molar-refractivity contribution in [2.45, 2.75) is 25.3 Å². The first-order valence-corrected chi connectivity index (χ1v) is 6.44. The topological polar surface area (TPSA) is 55.9 Å². The van der Waals surface area contributed by atoms with Crippen LogP contribution < -0.4 is 11.3 Å². The fourth-order valence-corrected chi connectivity index (χ4v) is 2.50. The molecule has 1 saturated carbocycles. The molecule has 18 heavy (non-hydrogen) atoms. The van der Waals surface area contributed by atoms with Crippen LogP contribution in [0, 0.1) is 5.92 Å². The van der Waals surface area contributed by atoms with Gasteiger partial charge in [-0.1, -0.05) is 24.6 Å². The average molecular weight is 242 g/mol. The number of hydrazine groups is 1. The van der Waals surface area contributed by atoms with Crippen molar-refractivity contribution in [1.82, 2.24) is 15.2 Å². The lowest BCUT2D eigenvalue weighted by Crippen LogP contribution is -2.36. The molecule has 2 aromatic rings. The molecule has 4 heteroatoms. The predicted octanol–water partition coefficient (Wildman–Crippen LogP) is 2.18. The van der Waals surface area contributed by atoms with Crippen molar-refractivity contribution in [1.29, 1.82) is 0 Å². The van der Waals surface area contributed by atoms with E-state index in [0.717, 1.165) is 5.69 Å². The first-order valence-electron chi connectivity index (χ1n) is 6.44. The quantitative estimate of drug-likeness (QED) is 0.638. The van der Waals surface area contributed by atoms with Gasteiger partial charge in [-0.15, -0.1) is 0 Å². The van der Waals surface area contributed by atoms with Crippen molar-refractivity contribution in [3.8, 4) is 5.69 Å². The van der Waals surface area contributed by atoms with Gasteiger partial charge in [-0.05, 0) is 30.9 Å². The summed E-state index contributed by atoms with van der Waals surface area (Å²) in [5, 5.41) is 4.42. The maximum Gasteiger partial charge on any atom is 0.0645 e. The van der Waals surface area contributed by atoms with E-state index in [2.05, 4.69) is 16.7 Å². The summed E-state index contributed by atoms with van der Waals surface area (Å²) in [5.41, 5.74) is 5.18. The third-order valence-corrected chi connectivity index (χ3v) is 3.78. The molecular formula is C14H18N4. The van der Waals surface area contributed by atoms with E-state index in [0.29, 0.717) is 5.92 Å². The van der Waals surface area contributed by atoms with Crippen LogP contribution in [0.25, 0.3) is 5.69 Å². The Balaban J connectivity index is 1.84. The Morgan fingerprint density at radius 1 is 1.28 bits per heavy atom. The summed E-state index contributed by atoms with van der Waals surface area (Å²) in [6, 6.07) is 10.4. The lowest BCUT2D eigenvalue weighted by Gasteiger charge is -2.32. The Kier molecular flexibility index (Phi) is 3.13. The van der Waals surface area contributed by atoms with Gasteiger partial charge < -0.3 is 0 Å². The van der Waals surface area contributed by atoms with Crippen LogP contribution in [-0.2, 0) is 0 Å². The molecule has 1 aliphatic carbocycles. The smallest absolute Gasteiger partial charge is 0.0645 e. The number of para-hydroxylation sites is 1. The molecule has 0 aliphatic heterocycles. The number of nitrogens with one attached hydrogen (secondary N) is 1. The number of benzene rings is 1. The van der Waals surface area contributed by atoms with Gasteiger partial charge in [0.25, 0.3) is 0 Å². The first kappa shape index (κ1) is 11.4. The van der Waals surface area contributed by atoms with Gasteiger partial charge in [0.05, 0.1) is 17.9 Å². The number of hydrogen-bond donors (Lipinski definition) is 2. The summed E-state index contributed by atoms with van der Waals surface area (Å²) in [6.07, 6.45) is 7.81. The van der Waals surface area contributed by atoms with Crippen LogP contribution in [0.1, 0.15) is 30.9 Å². The standard InChI is InChI=1S/C14H18N4/c15-17-14(11-5-4-6-11)12-9-16-18(10-12)13-7-2-1-3-8-13/h1-3,7-11,14,17H,4-6,15H2. The third-order valence-electron chi connectivity index (χ3n) is 3.78. The van der Waals surface area contributed by atoms with Crippen molar-refractivity contribution < 1.29 is 0 Å². The fraction of sp³-hybridized carbons (Fsp3) is 0.357. The number of hydrogen-bond acceptors (Lipinski definition) is 3. The number of nitrogens with zero attached hydrogens (tertiary/aromatic N) is 2. The predicted molar refractivity (Wildman–Crippen MR) is 71.0 cm³/mol. The third kappa shape index (κ3) is 2.05. The molecule has 94 valence electrons. The Hall–Kier alpha value is -1.65. The van der Waals surface area contributed by atoms with E-state index >= 15 is 0 Å². The Morgan fingerprint density at radius 3 is 2.67 bits per heavy atom. The van der Waals surface area contributed by atoms with Crippen LogP contribution in [0.15, 0.2) is 42.7 Å². The highest BCUT2D eigenvalue weighted by molar-refractivity contribution is 5.31. The molecule has 1 aromatic carbocycles. The fourth-order valence-electron chi connectivity index (χ4n) is 2.50. The molecule has 0 bridgehead atoms. The summed E-state index contributed by atoms with van der Waals surface area (Å²) in [7, 11) is 0. The van der Waals surface area contributed by atoms with Crippen molar-refractivity contribution in [2.75, 3.05) is 0 Å². The van der Waals surface area contributed by atoms with E-state index in [1.165, 1.54) is 24.8 Å². The molecule has 3 N–H and O–H groups in total. The maximum atomic E-state index is 5.68. The van der Waals surface area contributed by atoms with E-state index < -0.39 is 0 Å². The van der Waals surface area contributed by atoms with Gasteiger partial charge in [-0.3, -0.25) is 11.3 Å². The SMILES string of the molecule is NNC(c1cnn(-c2ccccc2)c1)C1CCC1. The number of aromatic nitrogens is 2. The summed E-state index contributed by atoms with van der Waals surface area (Å²) in [5.74, 6) is 6.33. The number of rotatable bonds is 4. The minimum Gasteiger partial charge on any atom is -0.271 e. The molecule has 4 nitrogen and oxygen atoms in total. The maximum absolute atomic E-state index is 5.68. The average Bonchev–Trinajstić information content (AvgIpc) is 2.84. The molecule has 1 heterocycles. The first-order chi connectivity index (χ1) is 8.88. The largest absolute Gasteiger partial charge is 0.271 e. The van der Waals surface area contributed by atoms with Crippen LogP contribution >= 0.6 is 0 Å². The normalized spacial score (nSPS) is 17.4. The summed E-state index contributed by atoms with van der Waals surface area (Å²) < 4.78 is 1.90. The molecule has 1 atom stereocenters.